The monoisotopic (exact) mass is 322 g/mol. The number of hydrogen-bond donors (Lipinski definition) is 1. The minimum absolute atomic E-state index is 0.0951. The second-order valence-corrected chi connectivity index (χ2v) is 6.54. The molecule has 1 aliphatic rings. The number of fused-ring (bicyclic) bond motifs is 1. The summed E-state index contributed by atoms with van der Waals surface area (Å²) in [6.45, 7) is 4.12. The Balaban J connectivity index is 2.06. The molecule has 0 amide bonds. The molecule has 0 aliphatic carbocycles. The molecule has 2 aromatic rings. The van der Waals surface area contributed by atoms with Gasteiger partial charge in [0, 0.05) is 28.9 Å². The van der Waals surface area contributed by atoms with Crippen molar-refractivity contribution in [2.24, 2.45) is 0 Å². The lowest BCUT2D eigenvalue weighted by Gasteiger charge is -2.35. The molecule has 1 aliphatic heterocycles. The topological polar surface area (TPSA) is 72.2 Å². The van der Waals surface area contributed by atoms with Crippen LogP contribution in [0.2, 0.25) is 0 Å². The van der Waals surface area contributed by atoms with E-state index in [1.807, 2.05) is 24.3 Å². The van der Waals surface area contributed by atoms with Crippen molar-refractivity contribution >= 4 is 17.2 Å². The molecule has 0 aromatic heterocycles. The number of hydrogen-bond acceptors (Lipinski definition) is 4. The molecular formula is C19H18N2O3. The zero-order valence-electron chi connectivity index (χ0n) is 13.6. The van der Waals surface area contributed by atoms with Crippen LogP contribution in [0.15, 0.2) is 54.6 Å². The SMILES string of the molecule is CC1(C)Cc2ccccc2/C(=C\C(=O)c2ccccc2[N+](=O)[O-])N1. The normalized spacial score (nSPS) is 17.0. The predicted octanol–water partition coefficient (Wildman–Crippen LogP) is 3.74. The summed E-state index contributed by atoms with van der Waals surface area (Å²) in [4.78, 5) is 23.2. The van der Waals surface area contributed by atoms with Crippen molar-refractivity contribution < 1.29 is 9.72 Å². The molecule has 122 valence electrons. The molecule has 0 spiro atoms. The first-order chi connectivity index (χ1) is 11.4. The van der Waals surface area contributed by atoms with Gasteiger partial charge in [-0.2, -0.15) is 0 Å². The van der Waals surface area contributed by atoms with Crippen molar-refractivity contribution in [1.29, 1.82) is 0 Å². The number of nitro groups is 1. The number of nitrogens with one attached hydrogen (secondary N) is 1. The third kappa shape index (κ3) is 3.06. The van der Waals surface area contributed by atoms with Gasteiger partial charge < -0.3 is 5.32 Å². The summed E-state index contributed by atoms with van der Waals surface area (Å²) in [6.07, 6.45) is 2.31. The minimum atomic E-state index is -0.530. The highest BCUT2D eigenvalue weighted by Gasteiger charge is 2.28. The molecule has 0 bridgehead atoms. The second kappa shape index (κ2) is 5.92. The van der Waals surface area contributed by atoms with Crippen molar-refractivity contribution in [2.45, 2.75) is 25.8 Å². The van der Waals surface area contributed by atoms with Crippen LogP contribution in [-0.4, -0.2) is 16.2 Å². The quantitative estimate of drug-likeness (QED) is 0.404. The van der Waals surface area contributed by atoms with Gasteiger partial charge in [-0.15, -0.1) is 0 Å². The van der Waals surface area contributed by atoms with Crippen LogP contribution >= 0.6 is 0 Å². The van der Waals surface area contributed by atoms with Gasteiger partial charge >= 0.3 is 0 Å². The van der Waals surface area contributed by atoms with E-state index in [0.717, 1.165) is 17.5 Å². The summed E-state index contributed by atoms with van der Waals surface area (Å²) in [5, 5.41) is 14.5. The van der Waals surface area contributed by atoms with Gasteiger partial charge in [0.25, 0.3) is 5.69 Å². The van der Waals surface area contributed by atoms with Crippen molar-refractivity contribution in [1.82, 2.24) is 5.32 Å². The zero-order chi connectivity index (χ0) is 17.3. The first kappa shape index (κ1) is 15.9. The Bertz CT molecular complexity index is 853. The first-order valence-corrected chi connectivity index (χ1v) is 7.73. The van der Waals surface area contributed by atoms with Crippen LogP contribution in [0.5, 0.6) is 0 Å². The van der Waals surface area contributed by atoms with Crippen LogP contribution < -0.4 is 5.32 Å². The van der Waals surface area contributed by atoms with E-state index in [1.54, 1.807) is 12.1 Å². The first-order valence-electron chi connectivity index (χ1n) is 7.73. The number of benzene rings is 2. The second-order valence-electron chi connectivity index (χ2n) is 6.54. The van der Waals surface area contributed by atoms with Crippen LogP contribution in [0.25, 0.3) is 5.70 Å². The summed E-state index contributed by atoms with van der Waals surface area (Å²) in [5.74, 6) is -0.377. The van der Waals surface area contributed by atoms with E-state index >= 15 is 0 Å². The molecule has 0 radical (unpaired) electrons. The lowest BCUT2D eigenvalue weighted by molar-refractivity contribution is -0.385. The number of nitrogens with zero attached hydrogens (tertiary/aromatic N) is 1. The number of rotatable bonds is 3. The summed E-state index contributed by atoms with van der Waals surface area (Å²) in [7, 11) is 0. The Morgan fingerprint density at radius 3 is 2.58 bits per heavy atom. The number of nitro benzene ring substituents is 1. The van der Waals surface area contributed by atoms with Crippen molar-refractivity contribution in [2.75, 3.05) is 0 Å². The fourth-order valence-electron chi connectivity index (χ4n) is 3.05. The number of carbonyl (C=O) groups excluding carboxylic acids is 1. The molecule has 5 heteroatoms. The smallest absolute Gasteiger partial charge is 0.280 e. The summed E-state index contributed by atoms with van der Waals surface area (Å²) in [5.41, 5.74) is 2.54. The van der Waals surface area contributed by atoms with Crippen LogP contribution in [0.1, 0.15) is 35.3 Å². The lowest BCUT2D eigenvalue weighted by Crippen LogP contribution is -2.43. The Hall–Kier alpha value is -2.95. The zero-order valence-corrected chi connectivity index (χ0v) is 13.6. The number of para-hydroxylation sites is 1. The van der Waals surface area contributed by atoms with E-state index in [2.05, 4.69) is 19.2 Å². The van der Waals surface area contributed by atoms with E-state index in [4.69, 9.17) is 0 Å². The van der Waals surface area contributed by atoms with Crippen molar-refractivity contribution in [3.63, 3.8) is 0 Å². The lowest BCUT2D eigenvalue weighted by atomic mass is 9.85. The molecular weight excluding hydrogens is 304 g/mol. The third-order valence-electron chi connectivity index (χ3n) is 4.05. The van der Waals surface area contributed by atoms with Crippen LogP contribution in [0.4, 0.5) is 5.69 Å². The molecule has 2 aromatic carbocycles. The van der Waals surface area contributed by atoms with Gasteiger partial charge in [0.1, 0.15) is 0 Å². The molecule has 3 rings (SSSR count). The van der Waals surface area contributed by atoms with Gasteiger partial charge in [0.05, 0.1) is 10.5 Å². The molecule has 0 saturated carbocycles. The molecule has 24 heavy (non-hydrogen) atoms. The van der Waals surface area contributed by atoms with Crippen LogP contribution in [0, 0.1) is 10.1 Å². The Labute approximate surface area is 140 Å². The van der Waals surface area contributed by atoms with E-state index in [-0.39, 0.29) is 22.6 Å². The van der Waals surface area contributed by atoms with Crippen molar-refractivity contribution in [3.05, 3.63) is 81.4 Å². The third-order valence-corrected chi connectivity index (χ3v) is 4.05. The van der Waals surface area contributed by atoms with E-state index in [0.29, 0.717) is 5.70 Å². The van der Waals surface area contributed by atoms with E-state index in [1.165, 1.54) is 18.2 Å². The van der Waals surface area contributed by atoms with Gasteiger partial charge in [0.15, 0.2) is 5.78 Å². The molecule has 0 atom stereocenters. The highest BCUT2D eigenvalue weighted by atomic mass is 16.6. The highest BCUT2D eigenvalue weighted by molar-refractivity contribution is 6.11. The maximum atomic E-state index is 12.6. The van der Waals surface area contributed by atoms with E-state index < -0.39 is 4.92 Å². The van der Waals surface area contributed by atoms with Crippen molar-refractivity contribution in [3.8, 4) is 0 Å². The standard InChI is InChI=1S/C19H18N2O3/c1-19(2)12-13-7-3-4-8-14(13)16(20-19)11-18(22)15-9-5-6-10-17(15)21(23)24/h3-11,20H,12H2,1-2H3/b16-11+. The average molecular weight is 322 g/mol. The number of ketones is 1. The van der Waals surface area contributed by atoms with Gasteiger partial charge in [-0.05, 0) is 31.9 Å². The fourth-order valence-corrected chi connectivity index (χ4v) is 3.05. The van der Waals surface area contributed by atoms with Crippen LogP contribution in [-0.2, 0) is 6.42 Å². The Morgan fingerprint density at radius 2 is 1.83 bits per heavy atom. The largest absolute Gasteiger partial charge is 0.379 e. The molecule has 0 saturated heterocycles. The molecule has 1 heterocycles. The van der Waals surface area contributed by atoms with Crippen LogP contribution in [0.3, 0.4) is 0 Å². The van der Waals surface area contributed by atoms with Gasteiger partial charge in [-0.1, -0.05) is 36.4 Å². The molecule has 0 fully saturated rings. The number of allylic oxidation sites excluding steroid dienone is 1. The molecule has 1 N–H and O–H groups in total. The molecule has 5 nitrogen and oxygen atoms in total. The average Bonchev–Trinajstić information content (AvgIpc) is 2.53. The molecule has 0 unspecified atom stereocenters. The Morgan fingerprint density at radius 1 is 1.17 bits per heavy atom. The Kier molecular flexibility index (Phi) is 3.93. The summed E-state index contributed by atoms with van der Waals surface area (Å²) in [6, 6.07) is 13.9. The van der Waals surface area contributed by atoms with Gasteiger partial charge in [0.2, 0.25) is 0 Å². The summed E-state index contributed by atoms with van der Waals surface area (Å²) >= 11 is 0. The number of carbonyl (C=O) groups is 1. The maximum absolute atomic E-state index is 12.6. The van der Waals surface area contributed by atoms with Gasteiger partial charge in [-0.3, -0.25) is 14.9 Å². The fraction of sp³-hybridized carbons (Fsp3) is 0.211. The minimum Gasteiger partial charge on any atom is -0.379 e. The maximum Gasteiger partial charge on any atom is 0.280 e. The van der Waals surface area contributed by atoms with Gasteiger partial charge in [-0.25, -0.2) is 0 Å². The highest BCUT2D eigenvalue weighted by Crippen LogP contribution is 2.30. The van der Waals surface area contributed by atoms with E-state index in [9.17, 15) is 14.9 Å². The summed E-state index contributed by atoms with van der Waals surface area (Å²) < 4.78 is 0. The predicted molar refractivity (Wildman–Crippen MR) is 92.8 cm³/mol.